The van der Waals surface area contributed by atoms with Gasteiger partial charge in [0, 0.05) is 37.6 Å². The smallest absolute Gasteiger partial charge is 0.192 e. The van der Waals surface area contributed by atoms with Crippen LogP contribution < -0.4 is 0 Å². The van der Waals surface area contributed by atoms with Crippen LogP contribution in [0.15, 0.2) is 23.3 Å². The number of hydrogen-bond acceptors (Lipinski definition) is 12. The van der Waals surface area contributed by atoms with Gasteiger partial charge in [0.15, 0.2) is 48.1 Å². The van der Waals surface area contributed by atoms with Gasteiger partial charge in [-0.1, -0.05) is 114 Å². The van der Waals surface area contributed by atoms with Crippen LogP contribution in [0.1, 0.15) is 245 Å². The van der Waals surface area contributed by atoms with Gasteiger partial charge in [0.1, 0.15) is 0 Å². The molecule has 0 aromatic rings. The van der Waals surface area contributed by atoms with E-state index in [0.717, 1.165) is 76.5 Å². The Morgan fingerprint density at radius 2 is 0.823 bits per heavy atom. The number of allylic oxidation sites excluding steroid dienone is 3. The van der Waals surface area contributed by atoms with Crippen molar-refractivity contribution < 1.29 is 56.7 Å². The molecule has 12 nitrogen and oxygen atoms in total. The van der Waals surface area contributed by atoms with E-state index in [9.17, 15) is 15.0 Å². The summed E-state index contributed by atoms with van der Waals surface area (Å²) < 4.78 is 57.9. The Kier molecular flexibility index (Phi) is 19.0. The lowest BCUT2D eigenvalue weighted by atomic mass is 9.44. The van der Waals surface area contributed by atoms with Gasteiger partial charge in [-0.25, -0.2) is 0 Å². The predicted octanol–water partition coefficient (Wildman–Crippen LogP) is 18.4. The molecule has 12 aliphatic carbocycles. The van der Waals surface area contributed by atoms with Crippen LogP contribution in [0.2, 0.25) is 54.4 Å². The van der Waals surface area contributed by atoms with Crippen LogP contribution in [0.3, 0.4) is 0 Å². The molecular formula is C81H138O12Si3. The maximum atomic E-state index is 13.7. The van der Waals surface area contributed by atoms with Crippen LogP contribution in [0, 0.1) is 91.7 Å². The molecule has 10 saturated carbocycles. The summed E-state index contributed by atoms with van der Waals surface area (Å²) in [6.45, 7) is 53.5. The Balaban J connectivity index is 0.000000130. The molecule has 0 aromatic carbocycles. The summed E-state index contributed by atoms with van der Waals surface area (Å²) in [5.74, 6) is 4.22. The minimum atomic E-state index is -1.76. The normalized spacial score (nSPS) is 45.9. The lowest BCUT2D eigenvalue weighted by Crippen LogP contribution is -2.62. The van der Waals surface area contributed by atoms with Gasteiger partial charge in [0.05, 0.1) is 68.1 Å². The minimum absolute atomic E-state index is 0.139. The van der Waals surface area contributed by atoms with Crippen molar-refractivity contribution in [1.82, 2.24) is 0 Å². The maximum absolute atomic E-state index is 13.7. The van der Waals surface area contributed by atoms with Gasteiger partial charge in [-0.2, -0.15) is 0 Å². The first-order valence-electron chi connectivity index (χ1n) is 39.7. The second-order valence-corrected chi connectivity index (χ2v) is 55.1. The predicted molar refractivity (Wildman–Crippen MR) is 388 cm³/mol. The number of fused-ring (bicyclic) bond motifs is 18. The van der Waals surface area contributed by atoms with Crippen molar-refractivity contribution in [1.29, 1.82) is 0 Å². The summed E-state index contributed by atoms with van der Waals surface area (Å²) in [6.07, 6.45) is 29.9. The van der Waals surface area contributed by atoms with E-state index in [-0.39, 0.29) is 48.7 Å². The lowest BCUT2D eigenvalue weighted by molar-refractivity contribution is -0.279. The maximum Gasteiger partial charge on any atom is 0.192 e. The average Bonchev–Trinajstić information content (AvgIpc) is 1.44. The largest absolute Gasteiger partial charge is 0.414 e. The lowest BCUT2D eigenvalue weighted by Gasteiger charge is -2.63. The molecule has 21 atom stereocenters. The molecule has 3 saturated heterocycles. The highest BCUT2D eigenvalue weighted by molar-refractivity contribution is 6.75. The Morgan fingerprint density at radius 1 is 0.427 bits per heavy atom. The highest BCUT2D eigenvalue weighted by Crippen LogP contribution is 2.72. The Morgan fingerprint density at radius 3 is 1.31 bits per heavy atom. The van der Waals surface area contributed by atoms with Crippen molar-refractivity contribution in [3.8, 4) is 0 Å². The van der Waals surface area contributed by atoms with Crippen LogP contribution in [-0.2, 0) is 46.5 Å². The second-order valence-electron chi connectivity index (χ2n) is 40.8. The summed E-state index contributed by atoms with van der Waals surface area (Å²) in [7, 11) is -5.24. The summed E-state index contributed by atoms with van der Waals surface area (Å²) in [6, 6.07) is 0. The zero-order valence-corrected chi connectivity index (χ0v) is 67.6. The molecule has 0 radical (unpaired) electrons. The van der Waals surface area contributed by atoms with E-state index < -0.39 is 53.8 Å². The molecule has 0 aromatic heterocycles. The van der Waals surface area contributed by atoms with E-state index >= 15 is 0 Å². The van der Waals surface area contributed by atoms with Crippen molar-refractivity contribution in [3.63, 3.8) is 0 Å². The molecule has 2 N–H and O–H groups in total. The molecule has 0 bridgehead atoms. The van der Waals surface area contributed by atoms with Gasteiger partial charge in [-0.15, -0.1) is 0 Å². The molecule has 3 aliphatic heterocycles. The van der Waals surface area contributed by atoms with E-state index in [2.05, 4.69) is 155 Å². The van der Waals surface area contributed by atoms with Crippen molar-refractivity contribution in [2.75, 3.05) is 39.6 Å². The number of hydrogen-bond donors (Lipinski definition) is 2. The third-order valence-corrected chi connectivity index (χ3v) is 47.5. The van der Waals surface area contributed by atoms with Crippen LogP contribution in [0.5, 0.6) is 0 Å². The summed E-state index contributed by atoms with van der Waals surface area (Å²) in [5, 5.41) is 23.9. The molecule has 3 spiro atoms. The van der Waals surface area contributed by atoms with Crippen molar-refractivity contribution in [2.45, 2.75) is 347 Å². The molecule has 546 valence electrons. The van der Waals surface area contributed by atoms with Crippen molar-refractivity contribution in [2.24, 2.45) is 91.7 Å². The highest BCUT2D eigenvalue weighted by atomic mass is 28.4. The van der Waals surface area contributed by atoms with Crippen molar-refractivity contribution >= 4 is 30.7 Å². The number of ether oxygens (including phenoxy) is 6. The number of rotatable bonds is 6. The molecule has 7 unspecified atom stereocenters. The van der Waals surface area contributed by atoms with Gasteiger partial charge < -0.3 is 51.9 Å². The first-order valence-corrected chi connectivity index (χ1v) is 48.5. The van der Waals surface area contributed by atoms with Crippen LogP contribution in [0.4, 0.5) is 0 Å². The zero-order chi connectivity index (χ0) is 69.5. The fourth-order valence-corrected chi connectivity index (χ4v) is 28.9. The van der Waals surface area contributed by atoms with Gasteiger partial charge in [0.2, 0.25) is 0 Å². The Bertz CT molecular complexity index is 2940. The third kappa shape index (κ3) is 11.2. The third-order valence-electron chi connectivity index (χ3n) is 33.9. The van der Waals surface area contributed by atoms with Gasteiger partial charge in [-0.3, -0.25) is 4.79 Å². The Hall–Kier alpha value is -0.639. The topological polar surface area (TPSA) is 141 Å². The number of carbonyl (C=O) groups excluding carboxylic acids is 1. The molecular weight excluding hydrogens is 1250 g/mol. The van der Waals surface area contributed by atoms with Gasteiger partial charge in [-0.05, 0) is 265 Å². The van der Waals surface area contributed by atoms with Crippen LogP contribution >= 0.6 is 0 Å². The van der Waals surface area contributed by atoms with Crippen LogP contribution in [-0.4, -0.2) is 128 Å². The SMILES string of the molecule is CC(C)(C)[Si](C)(C)O[C@@H]1CC[C@]2(C)C3=CC(=O)[C@@]4(C)C(CCC45OCCO5)C3CC[C@@H]2C1.CC(C)(C)[Si](C)(C)O[C@@H]1CC[C@]2(C)C3=C[C@H](O)[C@@]4(C)C(CCC45OCCO5)C3CC[C@@H]2C1.CC(C)(C)[Si](C)(C)O[C@@H]1CC[C@]2(C)C3C[C@H](O)[C@@]4(C)C(CCC45OCCO5)C3CC[C@@H]2C1. The molecule has 96 heavy (non-hydrogen) atoms. The Labute approximate surface area is 586 Å². The summed E-state index contributed by atoms with van der Waals surface area (Å²) in [4.78, 5) is 13.7. The number of ketones is 1. The standard InChI is InChI=1S/C27H48O4Si.C27H46O4Si.C27H44O4Si/c3*1-24(2,3)32(6,7)31-19-10-12-25(4)18(16-19)8-9-20-21-11-13-27(29-14-15-30-27)26(21,5)23(28)17-22(20)25/h18-23,28H,8-17H2,1-7H3;17-21,23,28H,8-16H2,1-7H3;17-21H,8-16H2,1-7H3/t18-,19-,20?,21?,22?,23+,25+,26-;18-,19-,20?,21?,23+,25+,26-;18-,19-,20?,21?,25+,26-/m111/s1. The van der Waals surface area contributed by atoms with Crippen LogP contribution in [0.25, 0.3) is 0 Å². The van der Waals surface area contributed by atoms with E-state index in [1.807, 2.05) is 0 Å². The first-order chi connectivity index (χ1) is 44.5. The van der Waals surface area contributed by atoms with E-state index in [1.165, 1.54) is 76.2 Å². The monoisotopic (exact) mass is 1390 g/mol. The zero-order valence-electron chi connectivity index (χ0n) is 64.6. The summed E-state index contributed by atoms with van der Waals surface area (Å²) in [5.41, 5.74) is 2.59. The van der Waals surface area contributed by atoms with E-state index in [0.29, 0.717) is 117 Å². The first kappa shape index (κ1) is 73.7. The van der Waals surface area contributed by atoms with Crippen molar-refractivity contribution in [3.05, 3.63) is 23.3 Å². The molecule has 0 amide bonds. The fourth-order valence-electron chi connectivity index (χ4n) is 24.7. The van der Waals surface area contributed by atoms with Gasteiger partial charge in [0.25, 0.3) is 0 Å². The quantitative estimate of drug-likeness (QED) is 0.193. The van der Waals surface area contributed by atoms with E-state index in [4.69, 9.17) is 41.7 Å². The summed E-state index contributed by atoms with van der Waals surface area (Å²) >= 11 is 0. The molecule has 13 fully saturated rings. The van der Waals surface area contributed by atoms with E-state index in [1.54, 1.807) is 5.57 Å². The molecule has 15 aliphatic rings. The second kappa shape index (κ2) is 24.7. The number of aliphatic hydroxyl groups excluding tert-OH is 2. The molecule has 15 heteroatoms. The minimum Gasteiger partial charge on any atom is -0.414 e. The number of aliphatic hydroxyl groups is 2. The number of carbonyl (C=O) groups is 1. The molecule has 3 heterocycles. The average molecular weight is 1390 g/mol. The fraction of sp³-hybridized carbons (Fsp3) is 0.938. The highest BCUT2D eigenvalue weighted by Gasteiger charge is 2.73. The van der Waals surface area contributed by atoms with Gasteiger partial charge >= 0.3 is 0 Å². The molecule has 15 rings (SSSR count).